The van der Waals surface area contributed by atoms with Gasteiger partial charge >= 0.3 is 6.61 Å². The molecule has 0 N–H and O–H groups in total. The van der Waals surface area contributed by atoms with E-state index in [0.29, 0.717) is 31.7 Å². The number of piperazine rings is 1. The molecule has 0 unspecified atom stereocenters. The van der Waals surface area contributed by atoms with Crippen molar-refractivity contribution in [2.75, 3.05) is 26.2 Å². The maximum absolute atomic E-state index is 12.5. The summed E-state index contributed by atoms with van der Waals surface area (Å²) < 4.78 is 28.6. The highest BCUT2D eigenvalue weighted by atomic mass is 19.3. The SMILES string of the molecule is O=C(c1ccc(OC(F)F)cc1)N1CCN(C(=O)C2CCCC2)CC1. The highest BCUT2D eigenvalue weighted by Crippen LogP contribution is 2.27. The number of amides is 2. The number of carbonyl (C=O) groups excluding carboxylic acids is 2. The van der Waals surface area contributed by atoms with E-state index in [4.69, 9.17) is 0 Å². The van der Waals surface area contributed by atoms with E-state index in [1.54, 1.807) is 4.90 Å². The monoisotopic (exact) mass is 352 g/mol. The Bertz CT molecular complexity index is 607. The number of benzene rings is 1. The average molecular weight is 352 g/mol. The molecule has 1 aliphatic carbocycles. The Balaban J connectivity index is 1.53. The maximum Gasteiger partial charge on any atom is 0.387 e. The molecule has 7 heteroatoms. The van der Waals surface area contributed by atoms with Crippen molar-refractivity contribution in [1.29, 1.82) is 0 Å². The van der Waals surface area contributed by atoms with E-state index in [9.17, 15) is 18.4 Å². The van der Waals surface area contributed by atoms with Crippen LogP contribution in [0.15, 0.2) is 24.3 Å². The van der Waals surface area contributed by atoms with E-state index in [-0.39, 0.29) is 23.5 Å². The first-order chi connectivity index (χ1) is 12.0. The number of alkyl halides is 2. The van der Waals surface area contributed by atoms with Crippen LogP contribution in [0, 0.1) is 5.92 Å². The first-order valence-corrected chi connectivity index (χ1v) is 8.67. The summed E-state index contributed by atoms with van der Waals surface area (Å²) in [5, 5.41) is 0. The molecule has 1 aromatic rings. The van der Waals surface area contributed by atoms with Crippen LogP contribution in [0.3, 0.4) is 0 Å². The second kappa shape index (κ2) is 7.80. The zero-order valence-corrected chi connectivity index (χ0v) is 14.0. The topological polar surface area (TPSA) is 49.9 Å². The van der Waals surface area contributed by atoms with Crippen LogP contribution in [-0.2, 0) is 4.79 Å². The molecule has 0 atom stereocenters. The summed E-state index contributed by atoms with van der Waals surface area (Å²) in [6.07, 6.45) is 4.20. The van der Waals surface area contributed by atoms with E-state index in [0.717, 1.165) is 25.7 Å². The molecule has 0 bridgehead atoms. The second-order valence-electron chi connectivity index (χ2n) is 6.50. The summed E-state index contributed by atoms with van der Waals surface area (Å²) in [5.41, 5.74) is 0.428. The zero-order valence-electron chi connectivity index (χ0n) is 14.0. The van der Waals surface area contributed by atoms with E-state index in [2.05, 4.69) is 4.74 Å². The number of halogens is 2. The van der Waals surface area contributed by atoms with E-state index >= 15 is 0 Å². The lowest BCUT2D eigenvalue weighted by atomic mass is 10.1. The molecule has 0 radical (unpaired) electrons. The summed E-state index contributed by atoms with van der Waals surface area (Å²) in [5.74, 6) is 0.248. The third-order valence-corrected chi connectivity index (χ3v) is 4.91. The third kappa shape index (κ3) is 4.27. The molecule has 5 nitrogen and oxygen atoms in total. The van der Waals surface area contributed by atoms with Gasteiger partial charge in [-0.2, -0.15) is 8.78 Å². The first-order valence-electron chi connectivity index (χ1n) is 8.67. The Labute approximate surface area is 145 Å². The van der Waals surface area contributed by atoms with Gasteiger partial charge in [-0.1, -0.05) is 12.8 Å². The van der Waals surface area contributed by atoms with Gasteiger partial charge in [-0.15, -0.1) is 0 Å². The molecular weight excluding hydrogens is 330 g/mol. The van der Waals surface area contributed by atoms with Gasteiger partial charge in [0.05, 0.1) is 0 Å². The Hall–Kier alpha value is -2.18. The van der Waals surface area contributed by atoms with Gasteiger partial charge in [0.25, 0.3) is 5.91 Å². The molecule has 1 heterocycles. The second-order valence-corrected chi connectivity index (χ2v) is 6.50. The Morgan fingerprint density at radius 1 is 0.960 bits per heavy atom. The maximum atomic E-state index is 12.5. The minimum absolute atomic E-state index is 0.0264. The smallest absolute Gasteiger partial charge is 0.387 e. The molecule has 1 aromatic carbocycles. The van der Waals surface area contributed by atoms with Crippen LogP contribution in [0.5, 0.6) is 5.75 Å². The van der Waals surface area contributed by atoms with Crippen molar-refractivity contribution < 1.29 is 23.1 Å². The molecule has 25 heavy (non-hydrogen) atoms. The van der Waals surface area contributed by atoms with Crippen LogP contribution in [0.1, 0.15) is 36.0 Å². The van der Waals surface area contributed by atoms with Crippen LogP contribution in [0.4, 0.5) is 8.78 Å². The van der Waals surface area contributed by atoms with Gasteiger partial charge < -0.3 is 14.5 Å². The Morgan fingerprint density at radius 2 is 1.52 bits per heavy atom. The molecule has 3 rings (SSSR count). The minimum Gasteiger partial charge on any atom is -0.435 e. The van der Waals surface area contributed by atoms with Crippen molar-refractivity contribution in [3.63, 3.8) is 0 Å². The fourth-order valence-corrected chi connectivity index (χ4v) is 3.52. The highest BCUT2D eigenvalue weighted by molar-refractivity contribution is 5.94. The zero-order chi connectivity index (χ0) is 17.8. The molecule has 1 saturated carbocycles. The molecular formula is C18H22F2N2O3. The number of ether oxygens (including phenoxy) is 1. The van der Waals surface area contributed by atoms with Crippen molar-refractivity contribution >= 4 is 11.8 Å². The predicted molar refractivity (Wildman–Crippen MR) is 87.5 cm³/mol. The first kappa shape index (κ1) is 17.6. The van der Waals surface area contributed by atoms with E-state index < -0.39 is 6.61 Å². The Morgan fingerprint density at radius 3 is 2.08 bits per heavy atom. The summed E-state index contributed by atoms with van der Waals surface area (Å²) >= 11 is 0. The number of rotatable bonds is 4. The van der Waals surface area contributed by atoms with Crippen LogP contribution >= 0.6 is 0 Å². The van der Waals surface area contributed by atoms with Gasteiger partial charge in [0.15, 0.2) is 0 Å². The van der Waals surface area contributed by atoms with Crippen LogP contribution in [0.2, 0.25) is 0 Å². The van der Waals surface area contributed by atoms with Gasteiger partial charge in [-0.25, -0.2) is 0 Å². The normalized spacial score (nSPS) is 18.7. The summed E-state index contributed by atoms with van der Waals surface area (Å²) in [6.45, 7) is -0.799. The molecule has 0 aromatic heterocycles. The molecule has 0 spiro atoms. The lowest BCUT2D eigenvalue weighted by Crippen LogP contribution is -2.51. The largest absolute Gasteiger partial charge is 0.435 e. The van der Waals surface area contributed by atoms with Crippen molar-refractivity contribution in [2.45, 2.75) is 32.3 Å². The number of hydrogen-bond acceptors (Lipinski definition) is 3. The fraction of sp³-hybridized carbons (Fsp3) is 0.556. The number of nitrogens with zero attached hydrogens (tertiary/aromatic N) is 2. The lowest BCUT2D eigenvalue weighted by Gasteiger charge is -2.36. The molecule has 2 fully saturated rings. The van der Waals surface area contributed by atoms with Gasteiger partial charge in [0, 0.05) is 37.7 Å². The molecule has 1 saturated heterocycles. The standard InChI is InChI=1S/C18H22F2N2O3/c19-18(20)25-15-7-5-14(6-8-15)17(24)22-11-9-21(10-12-22)16(23)13-3-1-2-4-13/h5-8,13,18H,1-4,9-12H2. The van der Waals surface area contributed by atoms with Crippen LogP contribution < -0.4 is 4.74 Å². The molecule has 2 amide bonds. The average Bonchev–Trinajstić information content (AvgIpc) is 3.15. The molecule has 136 valence electrons. The van der Waals surface area contributed by atoms with Gasteiger partial charge in [-0.05, 0) is 37.1 Å². The lowest BCUT2D eigenvalue weighted by molar-refractivity contribution is -0.136. The third-order valence-electron chi connectivity index (χ3n) is 4.91. The predicted octanol–water partition coefficient (Wildman–Crippen LogP) is 2.76. The summed E-state index contributed by atoms with van der Waals surface area (Å²) in [6, 6.07) is 5.69. The van der Waals surface area contributed by atoms with Crippen molar-refractivity contribution in [1.82, 2.24) is 9.80 Å². The molecule has 1 aliphatic heterocycles. The van der Waals surface area contributed by atoms with Crippen molar-refractivity contribution in [3.05, 3.63) is 29.8 Å². The molecule has 2 aliphatic rings. The van der Waals surface area contributed by atoms with Crippen LogP contribution in [0.25, 0.3) is 0 Å². The highest BCUT2D eigenvalue weighted by Gasteiger charge is 2.30. The summed E-state index contributed by atoms with van der Waals surface area (Å²) in [4.78, 5) is 28.5. The number of carbonyl (C=O) groups is 2. The van der Waals surface area contributed by atoms with Gasteiger partial charge in [0.2, 0.25) is 5.91 Å². The van der Waals surface area contributed by atoms with E-state index in [1.807, 2.05) is 4.90 Å². The van der Waals surface area contributed by atoms with Crippen molar-refractivity contribution in [2.24, 2.45) is 5.92 Å². The Kier molecular flexibility index (Phi) is 5.50. The minimum atomic E-state index is -2.88. The van der Waals surface area contributed by atoms with E-state index in [1.165, 1.54) is 24.3 Å². The fourth-order valence-electron chi connectivity index (χ4n) is 3.52. The van der Waals surface area contributed by atoms with Crippen molar-refractivity contribution in [3.8, 4) is 5.75 Å². The quantitative estimate of drug-likeness (QED) is 0.837. The van der Waals surface area contributed by atoms with Crippen LogP contribution in [-0.4, -0.2) is 54.4 Å². The van der Waals surface area contributed by atoms with Gasteiger partial charge in [0.1, 0.15) is 5.75 Å². The van der Waals surface area contributed by atoms with Gasteiger partial charge in [-0.3, -0.25) is 9.59 Å². The number of hydrogen-bond donors (Lipinski definition) is 0. The summed E-state index contributed by atoms with van der Waals surface area (Å²) in [7, 11) is 0.